The van der Waals surface area contributed by atoms with Crippen LogP contribution in [0.4, 0.5) is 0 Å². The molecule has 1 aliphatic heterocycles. The van der Waals surface area contributed by atoms with Gasteiger partial charge in [0.1, 0.15) is 6.67 Å². The Morgan fingerprint density at radius 1 is 1.42 bits per heavy atom. The molecule has 1 atom stereocenters. The third-order valence-corrected chi connectivity index (χ3v) is 2.85. The van der Waals surface area contributed by atoms with Crippen LogP contribution in [0.5, 0.6) is 0 Å². The third-order valence-electron chi connectivity index (χ3n) is 2.85. The molecule has 72 valence electrons. The zero-order valence-electron chi connectivity index (χ0n) is 9.17. The predicted molar refractivity (Wildman–Crippen MR) is 52.9 cm³/mol. The molecule has 2 heteroatoms. The lowest BCUT2D eigenvalue weighted by molar-refractivity contribution is -0.883. The number of hydrogen-bond acceptors (Lipinski definition) is 1. The summed E-state index contributed by atoms with van der Waals surface area (Å²) in [6.45, 7) is 9.43. The van der Waals surface area contributed by atoms with Gasteiger partial charge in [0.25, 0.3) is 0 Å². The molecule has 1 heterocycles. The fourth-order valence-corrected chi connectivity index (χ4v) is 2.24. The van der Waals surface area contributed by atoms with E-state index in [2.05, 4.69) is 39.8 Å². The molecule has 0 aromatic carbocycles. The molecule has 0 radical (unpaired) electrons. The van der Waals surface area contributed by atoms with E-state index in [0.717, 1.165) is 10.5 Å². The van der Waals surface area contributed by atoms with Crippen molar-refractivity contribution >= 4 is 0 Å². The topological polar surface area (TPSA) is 3.24 Å². The second-order valence-electron chi connectivity index (χ2n) is 4.93. The molecule has 1 aliphatic rings. The number of nitrogens with zero attached hydrogens (tertiary/aromatic N) is 2. The lowest BCUT2D eigenvalue weighted by Crippen LogP contribution is -2.40. The Morgan fingerprint density at radius 3 is 2.33 bits per heavy atom. The molecule has 0 saturated carbocycles. The molecule has 1 unspecified atom stereocenters. The van der Waals surface area contributed by atoms with Crippen LogP contribution in [0, 0.1) is 0 Å². The highest BCUT2D eigenvalue weighted by molar-refractivity contribution is 4.75. The molecule has 12 heavy (non-hydrogen) atoms. The van der Waals surface area contributed by atoms with Crippen molar-refractivity contribution in [2.75, 3.05) is 27.3 Å². The molecular formula is C10H23N2+. The van der Waals surface area contributed by atoms with E-state index in [1.54, 1.807) is 0 Å². The highest BCUT2D eigenvalue weighted by atomic mass is 15.5. The zero-order valence-corrected chi connectivity index (χ0v) is 9.17. The van der Waals surface area contributed by atoms with E-state index < -0.39 is 0 Å². The monoisotopic (exact) mass is 171 g/mol. The van der Waals surface area contributed by atoms with E-state index in [1.165, 1.54) is 19.6 Å². The Morgan fingerprint density at radius 2 is 2.00 bits per heavy atom. The van der Waals surface area contributed by atoms with Crippen LogP contribution < -0.4 is 0 Å². The summed E-state index contributed by atoms with van der Waals surface area (Å²) in [5, 5.41) is 0. The second kappa shape index (κ2) is 3.35. The Kier molecular flexibility index (Phi) is 2.79. The van der Waals surface area contributed by atoms with Crippen LogP contribution >= 0.6 is 0 Å². The molecule has 1 rings (SSSR count). The smallest absolute Gasteiger partial charge is 0.135 e. The van der Waals surface area contributed by atoms with Gasteiger partial charge in [0, 0.05) is 6.04 Å². The Hall–Kier alpha value is -0.0800. The van der Waals surface area contributed by atoms with Gasteiger partial charge < -0.3 is 4.48 Å². The van der Waals surface area contributed by atoms with Gasteiger partial charge in [0.05, 0.1) is 26.7 Å². The molecular weight excluding hydrogens is 148 g/mol. The quantitative estimate of drug-likeness (QED) is 0.569. The van der Waals surface area contributed by atoms with Crippen LogP contribution in [0.25, 0.3) is 0 Å². The lowest BCUT2D eigenvalue weighted by atomic mass is 10.2. The highest BCUT2D eigenvalue weighted by Crippen LogP contribution is 2.21. The first kappa shape index (κ1) is 10.0. The van der Waals surface area contributed by atoms with E-state index in [9.17, 15) is 0 Å². The molecule has 1 fully saturated rings. The highest BCUT2D eigenvalue weighted by Gasteiger charge is 2.37. The van der Waals surface area contributed by atoms with E-state index >= 15 is 0 Å². The number of rotatable bonds is 2. The van der Waals surface area contributed by atoms with Gasteiger partial charge >= 0.3 is 0 Å². The van der Waals surface area contributed by atoms with Crippen molar-refractivity contribution in [3.05, 3.63) is 0 Å². The summed E-state index contributed by atoms with van der Waals surface area (Å²) in [6.07, 6.45) is 1.29. The van der Waals surface area contributed by atoms with Crippen molar-refractivity contribution in [1.29, 1.82) is 0 Å². The predicted octanol–water partition coefficient (Wildman–Crippen LogP) is 1.52. The maximum atomic E-state index is 2.62. The van der Waals surface area contributed by atoms with Crippen LogP contribution in [-0.2, 0) is 0 Å². The van der Waals surface area contributed by atoms with Gasteiger partial charge in [0.15, 0.2) is 0 Å². The van der Waals surface area contributed by atoms with E-state index in [-0.39, 0.29) is 0 Å². The van der Waals surface area contributed by atoms with Crippen molar-refractivity contribution < 1.29 is 4.48 Å². The number of hydrogen-bond donors (Lipinski definition) is 0. The first-order valence-electron chi connectivity index (χ1n) is 5.04. The molecule has 2 nitrogen and oxygen atoms in total. The van der Waals surface area contributed by atoms with E-state index in [0.29, 0.717) is 6.04 Å². The largest absolute Gasteiger partial charge is 0.315 e. The van der Waals surface area contributed by atoms with Gasteiger partial charge in [-0.2, -0.15) is 0 Å². The van der Waals surface area contributed by atoms with Crippen LogP contribution in [0.2, 0.25) is 0 Å². The van der Waals surface area contributed by atoms with Gasteiger partial charge in [0.2, 0.25) is 0 Å². The van der Waals surface area contributed by atoms with Gasteiger partial charge in [-0.05, 0) is 20.3 Å². The molecule has 0 N–H and O–H groups in total. The average Bonchev–Trinajstić information content (AvgIpc) is 2.25. The van der Waals surface area contributed by atoms with Gasteiger partial charge in [-0.1, -0.05) is 6.92 Å². The third kappa shape index (κ3) is 1.99. The van der Waals surface area contributed by atoms with Crippen LogP contribution in [0.3, 0.4) is 0 Å². The Balaban J connectivity index is 2.63. The number of likely N-dealkylation sites (N-methyl/N-ethyl adjacent to an activating group) is 1. The molecule has 1 saturated heterocycles. The van der Waals surface area contributed by atoms with Crippen molar-refractivity contribution in [1.82, 2.24) is 4.90 Å². The normalized spacial score (nSPS) is 30.0. The van der Waals surface area contributed by atoms with Gasteiger partial charge in [-0.25, -0.2) is 4.90 Å². The van der Waals surface area contributed by atoms with Crippen LogP contribution in [0.15, 0.2) is 0 Å². The first-order valence-corrected chi connectivity index (χ1v) is 5.04. The minimum absolute atomic E-state index is 0.704. The average molecular weight is 171 g/mol. The summed E-state index contributed by atoms with van der Waals surface area (Å²) in [5.74, 6) is 0. The minimum Gasteiger partial charge on any atom is -0.315 e. The fourth-order valence-electron chi connectivity index (χ4n) is 2.24. The zero-order chi connectivity index (χ0) is 9.35. The second-order valence-corrected chi connectivity index (χ2v) is 4.93. The molecule has 0 spiro atoms. The van der Waals surface area contributed by atoms with Crippen LogP contribution in [-0.4, -0.2) is 48.8 Å². The fraction of sp³-hybridized carbons (Fsp3) is 1.00. The Labute approximate surface area is 76.7 Å². The van der Waals surface area contributed by atoms with Gasteiger partial charge in [-0.3, -0.25) is 0 Å². The summed E-state index contributed by atoms with van der Waals surface area (Å²) in [7, 11) is 4.65. The van der Waals surface area contributed by atoms with Crippen molar-refractivity contribution in [2.24, 2.45) is 0 Å². The maximum absolute atomic E-state index is 2.62. The van der Waals surface area contributed by atoms with Crippen molar-refractivity contribution in [3.63, 3.8) is 0 Å². The molecule has 0 aromatic rings. The maximum Gasteiger partial charge on any atom is 0.135 e. The molecule has 0 aliphatic carbocycles. The standard InChI is InChI=1S/C10H23N2/c1-6-10-7-12(4,5)8-11(10)9(2)3/h9-10H,6-8H2,1-5H3/q+1. The van der Waals surface area contributed by atoms with E-state index in [1.807, 2.05) is 0 Å². The summed E-state index contributed by atoms with van der Waals surface area (Å²) >= 11 is 0. The van der Waals surface area contributed by atoms with E-state index in [4.69, 9.17) is 0 Å². The van der Waals surface area contributed by atoms with Gasteiger partial charge in [-0.15, -0.1) is 0 Å². The Bertz CT molecular complexity index is 152. The molecule has 0 aromatic heterocycles. The number of quaternary nitrogens is 1. The minimum atomic E-state index is 0.704. The lowest BCUT2D eigenvalue weighted by Gasteiger charge is -2.25. The van der Waals surface area contributed by atoms with Crippen molar-refractivity contribution in [2.45, 2.75) is 39.3 Å². The SMILES string of the molecule is CCC1C[N+](C)(C)CN1C(C)C. The molecule has 0 amide bonds. The first-order chi connectivity index (χ1) is 5.46. The summed E-state index contributed by atoms with van der Waals surface area (Å²) < 4.78 is 1.16. The summed E-state index contributed by atoms with van der Waals surface area (Å²) in [5.41, 5.74) is 0. The molecule has 0 bridgehead atoms. The van der Waals surface area contributed by atoms with Crippen molar-refractivity contribution in [3.8, 4) is 0 Å². The summed E-state index contributed by atoms with van der Waals surface area (Å²) in [6, 6.07) is 1.51. The van der Waals surface area contributed by atoms with Crippen LogP contribution in [0.1, 0.15) is 27.2 Å². The summed E-state index contributed by atoms with van der Waals surface area (Å²) in [4.78, 5) is 2.62.